The van der Waals surface area contributed by atoms with Crippen molar-refractivity contribution in [2.24, 2.45) is 9.98 Å². The van der Waals surface area contributed by atoms with Gasteiger partial charge in [-0.15, -0.1) is 0 Å². The maximum atomic E-state index is 5.32. The summed E-state index contributed by atoms with van der Waals surface area (Å²) >= 11 is 0. The molecule has 0 saturated carbocycles. The molecule has 0 aliphatic heterocycles. The largest absolute Gasteiger partial charge is 0.252 e. The molecule has 51 heavy (non-hydrogen) atoms. The van der Waals surface area contributed by atoms with Gasteiger partial charge in [-0.05, 0) is 86.8 Å². The maximum Gasteiger partial charge on any atom is 0.0633 e. The fraction of sp³-hybridized carbons (Fsp3) is 0.708. The summed E-state index contributed by atoms with van der Waals surface area (Å²) in [4.78, 5) is 10.6. The van der Waals surface area contributed by atoms with Crippen LogP contribution in [0.1, 0.15) is 219 Å². The van der Waals surface area contributed by atoms with Crippen LogP contribution in [-0.4, -0.2) is 11.4 Å². The Labute approximate surface area is 327 Å². The van der Waals surface area contributed by atoms with Crippen LogP contribution in [0.4, 0.5) is 11.4 Å². The predicted molar refractivity (Wildman–Crippen MR) is 226 cm³/mol. The smallest absolute Gasteiger partial charge is 0.0633 e. The average Bonchev–Trinajstić information content (AvgIpc) is 3.14. The van der Waals surface area contributed by atoms with Gasteiger partial charge in [0.25, 0.3) is 0 Å². The van der Waals surface area contributed by atoms with Crippen LogP contribution in [0.2, 0.25) is 0 Å². The zero-order valence-electron chi connectivity index (χ0n) is 34.0. The SMILES string of the molecule is CCCCCCCCCCCc1ccc(/N=C(CCCC)/C(CCCCCCCC)=N/c2ccc(CCCCCCCCCCC)cc2)cc1.[Ni]. The minimum atomic E-state index is 0. The van der Waals surface area contributed by atoms with E-state index in [0.717, 1.165) is 30.6 Å². The fourth-order valence-electron chi connectivity index (χ4n) is 7.01. The molecule has 0 N–H and O–H groups in total. The third-order valence-corrected chi connectivity index (χ3v) is 10.4. The van der Waals surface area contributed by atoms with E-state index in [4.69, 9.17) is 9.98 Å². The number of hydrogen-bond acceptors (Lipinski definition) is 2. The van der Waals surface area contributed by atoms with Gasteiger partial charge >= 0.3 is 0 Å². The maximum absolute atomic E-state index is 5.32. The number of aryl methyl sites for hydroxylation is 2. The van der Waals surface area contributed by atoms with Crippen molar-refractivity contribution in [3.8, 4) is 0 Å². The van der Waals surface area contributed by atoms with Crippen LogP contribution in [-0.2, 0) is 29.3 Å². The van der Waals surface area contributed by atoms with Crippen LogP contribution in [0.3, 0.4) is 0 Å². The number of benzene rings is 2. The summed E-state index contributed by atoms with van der Waals surface area (Å²) in [6.07, 6.45) is 39.4. The molecule has 0 aromatic heterocycles. The summed E-state index contributed by atoms with van der Waals surface area (Å²) < 4.78 is 0. The van der Waals surface area contributed by atoms with Gasteiger partial charge in [0.2, 0.25) is 0 Å². The zero-order valence-corrected chi connectivity index (χ0v) is 35.0. The van der Waals surface area contributed by atoms with Crippen molar-refractivity contribution >= 4 is 22.8 Å². The van der Waals surface area contributed by atoms with E-state index in [1.54, 1.807) is 0 Å². The molecule has 2 rings (SSSR count). The first-order valence-corrected chi connectivity index (χ1v) is 22.0. The molecule has 2 aromatic rings. The number of hydrogen-bond donors (Lipinski definition) is 0. The Morgan fingerprint density at radius 1 is 0.333 bits per heavy atom. The van der Waals surface area contributed by atoms with E-state index in [0.29, 0.717) is 0 Å². The molecule has 0 unspecified atom stereocenters. The summed E-state index contributed by atoms with van der Waals surface area (Å²) in [6.45, 7) is 9.18. The number of aliphatic imine (C=N–C) groups is 2. The quantitative estimate of drug-likeness (QED) is 0.0395. The van der Waals surface area contributed by atoms with Crippen LogP contribution in [0.25, 0.3) is 0 Å². The summed E-state index contributed by atoms with van der Waals surface area (Å²) in [7, 11) is 0. The van der Waals surface area contributed by atoms with E-state index in [1.807, 2.05) is 0 Å². The predicted octanol–water partition coefficient (Wildman–Crippen LogP) is 16.6. The van der Waals surface area contributed by atoms with Gasteiger partial charge in [0, 0.05) is 16.5 Å². The summed E-state index contributed by atoms with van der Waals surface area (Å²) in [5.41, 5.74) is 7.48. The van der Waals surface area contributed by atoms with Gasteiger partial charge in [-0.1, -0.05) is 193 Å². The van der Waals surface area contributed by atoms with E-state index in [2.05, 4.69) is 76.2 Å². The Morgan fingerprint density at radius 2 is 0.608 bits per heavy atom. The van der Waals surface area contributed by atoms with E-state index >= 15 is 0 Å². The van der Waals surface area contributed by atoms with Gasteiger partial charge in [0.05, 0.1) is 22.8 Å². The molecule has 0 spiro atoms. The first kappa shape index (κ1) is 47.3. The molecule has 292 valence electrons. The third-order valence-electron chi connectivity index (χ3n) is 10.4. The Hall–Kier alpha value is -1.73. The van der Waals surface area contributed by atoms with Crippen LogP contribution in [0.5, 0.6) is 0 Å². The van der Waals surface area contributed by atoms with Crippen molar-refractivity contribution in [1.82, 2.24) is 0 Å². The Kier molecular flexibility index (Phi) is 31.6. The molecule has 0 heterocycles. The van der Waals surface area contributed by atoms with Crippen molar-refractivity contribution in [2.45, 2.75) is 220 Å². The van der Waals surface area contributed by atoms with E-state index in [-0.39, 0.29) is 16.5 Å². The van der Waals surface area contributed by atoms with Crippen LogP contribution < -0.4 is 0 Å². The molecule has 0 saturated heterocycles. The summed E-state index contributed by atoms with van der Waals surface area (Å²) in [5.74, 6) is 0. The first-order chi connectivity index (χ1) is 24.7. The molecule has 2 nitrogen and oxygen atoms in total. The molecular weight excluding hydrogens is 663 g/mol. The minimum Gasteiger partial charge on any atom is -0.252 e. The molecule has 2 aromatic carbocycles. The Bertz CT molecular complexity index is 1100. The molecule has 0 aliphatic rings. The first-order valence-electron chi connectivity index (χ1n) is 22.0. The van der Waals surface area contributed by atoms with Gasteiger partial charge < -0.3 is 0 Å². The molecule has 0 amide bonds. The van der Waals surface area contributed by atoms with Gasteiger partial charge in [0.15, 0.2) is 0 Å². The van der Waals surface area contributed by atoms with Crippen LogP contribution in [0.15, 0.2) is 58.5 Å². The Balaban J connectivity index is 0.0000130. The second-order valence-corrected chi connectivity index (χ2v) is 15.2. The van der Waals surface area contributed by atoms with E-state index in [9.17, 15) is 0 Å². The van der Waals surface area contributed by atoms with Crippen molar-refractivity contribution in [3.63, 3.8) is 0 Å². The van der Waals surface area contributed by atoms with E-state index in [1.165, 1.54) is 196 Å². The molecule has 0 bridgehead atoms. The zero-order chi connectivity index (χ0) is 35.7. The number of unbranched alkanes of at least 4 members (excludes halogenated alkanes) is 22. The normalized spacial score (nSPS) is 12.0. The minimum absolute atomic E-state index is 0. The standard InChI is InChI=1S/C48H80N2.Ni/c1-5-9-13-16-19-21-23-25-28-31-43-35-39-45(40-36-43)49-47(33-12-8-4)48(34-30-27-18-15-11-7-3)50-46-41-37-44(38-42-46)32-29-26-24-22-20-17-14-10-6-2;/h35-42H,5-34H2,1-4H3;/b49-47+,50-48+;. The van der Waals surface area contributed by atoms with Crippen molar-refractivity contribution in [2.75, 3.05) is 0 Å². The third kappa shape index (κ3) is 25.0. The monoisotopic (exact) mass is 743 g/mol. The topological polar surface area (TPSA) is 24.7 Å². The van der Waals surface area contributed by atoms with Gasteiger partial charge in [-0.25, -0.2) is 0 Å². The van der Waals surface area contributed by atoms with Crippen LogP contribution in [0, 0.1) is 0 Å². The van der Waals surface area contributed by atoms with Crippen molar-refractivity contribution < 1.29 is 16.5 Å². The van der Waals surface area contributed by atoms with Gasteiger partial charge in [-0.3, -0.25) is 9.98 Å². The summed E-state index contributed by atoms with van der Waals surface area (Å²) in [6, 6.07) is 18.3. The second-order valence-electron chi connectivity index (χ2n) is 15.2. The van der Waals surface area contributed by atoms with Gasteiger partial charge in [-0.2, -0.15) is 0 Å². The van der Waals surface area contributed by atoms with E-state index < -0.39 is 0 Å². The van der Waals surface area contributed by atoms with Crippen molar-refractivity contribution in [3.05, 3.63) is 59.7 Å². The van der Waals surface area contributed by atoms with Crippen molar-refractivity contribution in [1.29, 1.82) is 0 Å². The molecule has 0 atom stereocenters. The van der Waals surface area contributed by atoms with Gasteiger partial charge in [0.1, 0.15) is 0 Å². The summed E-state index contributed by atoms with van der Waals surface area (Å²) in [5, 5.41) is 0. The van der Waals surface area contributed by atoms with Crippen LogP contribution >= 0.6 is 0 Å². The average molecular weight is 744 g/mol. The molecular formula is C48H80N2Ni. The molecule has 0 fully saturated rings. The second kappa shape index (κ2) is 34.1. The molecule has 3 heteroatoms. The molecule has 0 aliphatic carbocycles. The number of rotatable bonds is 33. The fourth-order valence-corrected chi connectivity index (χ4v) is 7.01. The Morgan fingerprint density at radius 3 is 0.941 bits per heavy atom. The molecule has 0 radical (unpaired) electrons. The number of nitrogens with zero attached hydrogens (tertiary/aromatic N) is 2.